The van der Waals surface area contributed by atoms with Crippen molar-refractivity contribution in [2.75, 3.05) is 39.0 Å². The standard InChI is InChI=1S/C28H35N4O7PS/c1-5-41(37,38)21-9-6-8-20(15-21)23-16-22(19(3)26-25(23)24-14-18(2)17-30-27(24)31-26)28(33)29-10-7-11-32(4)12-13-39-40(34,35)36/h6,8-9,14-17H,5,7,10-13H2,1-4H3,(H,29,33)(H,30,31)(H2,34,35,36)/i1D3,5D2,6D,8D,9D,15D. The van der Waals surface area contributed by atoms with E-state index in [1.165, 1.54) is 6.07 Å². The number of H-pyrrole nitrogens is 1. The molecule has 41 heavy (non-hydrogen) atoms. The Balaban J connectivity index is 1.87. The summed E-state index contributed by atoms with van der Waals surface area (Å²) in [5.74, 6) is -0.603. The number of pyridine rings is 1. The van der Waals surface area contributed by atoms with Crippen LogP contribution in [0.1, 0.15) is 47.1 Å². The number of phosphoric acid groups is 1. The third-order valence-corrected chi connectivity index (χ3v) is 7.91. The Bertz CT molecular complexity index is 2160. The molecule has 1 amide bonds. The molecule has 0 spiro atoms. The van der Waals surface area contributed by atoms with E-state index in [1.54, 1.807) is 38.1 Å². The van der Waals surface area contributed by atoms with E-state index in [-0.39, 0.29) is 30.8 Å². The molecule has 0 fully saturated rings. The predicted molar refractivity (Wildman–Crippen MR) is 159 cm³/mol. The summed E-state index contributed by atoms with van der Waals surface area (Å²) in [4.78, 5) is 39.1. The highest BCUT2D eigenvalue weighted by molar-refractivity contribution is 7.91. The van der Waals surface area contributed by atoms with Crippen molar-refractivity contribution in [2.24, 2.45) is 0 Å². The normalized spacial score (nSPS) is 16.3. The molecule has 13 heteroatoms. The number of nitrogens with one attached hydrogen (secondary N) is 2. The molecule has 0 radical (unpaired) electrons. The molecule has 0 atom stereocenters. The number of phosphoric ester groups is 1. The zero-order valence-corrected chi connectivity index (χ0v) is 24.2. The summed E-state index contributed by atoms with van der Waals surface area (Å²) in [7, 11) is -8.55. The molecule has 4 N–H and O–H groups in total. The van der Waals surface area contributed by atoms with Crippen molar-refractivity contribution in [3.63, 3.8) is 0 Å². The number of amides is 1. The molecule has 0 aliphatic carbocycles. The fraction of sp³-hybridized carbons (Fsp3) is 0.357. The number of aryl methyl sites for hydroxylation is 2. The average Bonchev–Trinajstić information content (AvgIpc) is 3.37. The summed E-state index contributed by atoms with van der Waals surface area (Å²) in [5.41, 5.74) is -2.76. The highest BCUT2D eigenvalue weighted by Crippen LogP contribution is 2.38. The Morgan fingerprint density at radius 1 is 1.29 bits per heavy atom. The second kappa shape index (κ2) is 12.4. The third kappa shape index (κ3) is 7.21. The molecule has 2 aromatic carbocycles. The number of rotatable bonds is 12. The highest BCUT2D eigenvalue weighted by Gasteiger charge is 2.21. The molecule has 2 aromatic heterocycles. The second-order valence-corrected chi connectivity index (χ2v) is 12.3. The Labute approximate surface area is 251 Å². The number of carbonyl (C=O) groups excluding carboxylic acids is 1. The fourth-order valence-corrected chi connectivity index (χ4v) is 5.19. The van der Waals surface area contributed by atoms with Crippen LogP contribution in [0.15, 0.2) is 47.4 Å². The van der Waals surface area contributed by atoms with Crippen LogP contribution in [0, 0.1) is 13.8 Å². The van der Waals surface area contributed by atoms with Crippen molar-refractivity contribution < 1.29 is 44.4 Å². The number of sulfone groups is 1. The smallest absolute Gasteiger partial charge is 0.352 e. The van der Waals surface area contributed by atoms with Gasteiger partial charge in [-0.15, -0.1) is 0 Å². The van der Waals surface area contributed by atoms with E-state index < -0.39 is 70.8 Å². The molecular weight excluding hydrogens is 567 g/mol. The monoisotopic (exact) mass is 611 g/mol. The van der Waals surface area contributed by atoms with E-state index in [1.807, 2.05) is 0 Å². The van der Waals surface area contributed by atoms with Gasteiger partial charge in [-0.3, -0.25) is 9.32 Å². The quantitative estimate of drug-likeness (QED) is 0.137. The molecule has 4 rings (SSSR count). The molecule has 2 heterocycles. The number of fused-ring (bicyclic) bond motifs is 3. The van der Waals surface area contributed by atoms with Crippen LogP contribution in [0.5, 0.6) is 0 Å². The molecule has 0 unspecified atom stereocenters. The first kappa shape index (κ1) is 20.7. The topological polar surface area (TPSA) is 162 Å². The minimum absolute atomic E-state index is 0.0293. The van der Waals surface area contributed by atoms with Gasteiger partial charge >= 0.3 is 7.82 Å². The van der Waals surface area contributed by atoms with E-state index in [2.05, 4.69) is 19.8 Å². The van der Waals surface area contributed by atoms with E-state index in [9.17, 15) is 17.8 Å². The van der Waals surface area contributed by atoms with Crippen LogP contribution < -0.4 is 5.32 Å². The Morgan fingerprint density at radius 3 is 2.80 bits per heavy atom. The van der Waals surface area contributed by atoms with Gasteiger partial charge < -0.3 is 25.0 Å². The maximum absolute atomic E-state index is 13.6. The van der Waals surface area contributed by atoms with Crippen molar-refractivity contribution >= 4 is 45.5 Å². The molecule has 0 saturated carbocycles. The van der Waals surface area contributed by atoms with Crippen LogP contribution in [0.3, 0.4) is 0 Å². The number of carbonyl (C=O) groups is 1. The average molecular weight is 612 g/mol. The summed E-state index contributed by atoms with van der Waals surface area (Å²) in [6, 6.07) is -1.04. The van der Waals surface area contributed by atoms with Gasteiger partial charge in [0.05, 0.1) is 28.2 Å². The van der Waals surface area contributed by atoms with E-state index >= 15 is 0 Å². The Morgan fingerprint density at radius 2 is 2.07 bits per heavy atom. The van der Waals surface area contributed by atoms with Crippen LogP contribution in [-0.2, 0) is 18.9 Å². The van der Waals surface area contributed by atoms with Crippen LogP contribution in [0.4, 0.5) is 0 Å². The number of likely N-dealkylation sites (N-methyl/N-ethyl adjacent to an activating group) is 1. The summed E-state index contributed by atoms with van der Waals surface area (Å²) < 4.78 is 115. The van der Waals surface area contributed by atoms with Crippen molar-refractivity contribution in [1.82, 2.24) is 20.2 Å². The molecule has 11 nitrogen and oxygen atoms in total. The highest BCUT2D eigenvalue weighted by atomic mass is 32.2. The predicted octanol–water partition coefficient (Wildman–Crippen LogP) is 3.95. The zero-order chi connectivity index (χ0) is 37.7. The third-order valence-electron chi connectivity index (χ3n) is 6.38. The minimum Gasteiger partial charge on any atom is -0.352 e. The first-order valence-electron chi connectivity index (χ1n) is 16.9. The number of benzene rings is 2. The SMILES string of the molecule is [2H]c1c([2H])c(-c2cc(C(=O)NCCCN(C)CCOP(=O)(O)O)c(C)c3[nH]c4ncc(C)cc4c23)c([2H])c(S(=O)(=O)C([2H])([2H])C([2H])([2H])[2H])c1[2H]. The molecule has 220 valence electrons. The Kier molecular flexibility index (Phi) is 6.26. The van der Waals surface area contributed by atoms with Crippen LogP contribution in [-0.4, -0.2) is 78.0 Å². The van der Waals surface area contributed by atoms with Crippen molar-refractivity contribution in [3.8, 4) is 11.1 Å². The maximum atomic E-state index is 13.6. The summed E-state index contributed by atoms with van der Waals surface area (Å²) >= 11 is 0. The first-order valence-corrected chi connectivity index (χ1v) is 15.4. The summed E-state index contributed by atoms with van der Waals surface area (Å²) in [5, 5.41) is 3.52. The number of aromatic amines is 1. The molecule has 0 aliphatic rings. The molecule has 0 saturated heterocycles. The lowest BCUT2D eigenvalue weighted by Crippen LogP contribution is -2.30. The maximum Gasteiger partial charge on any atom is 0.469 e. The fourth-order valence-electron chi connectivity index (χ4n) is 4.35. The lowest BCUT2D eigenvalue weighted by molar-refractivity contribution is 0.0950. The number of hydrogen-bond donors (Lipinski definition) is 4. The van der Waals surface area contributed by atoms with Crippen molar-refractivity contribution in [3.05, 3.63) is 59.2 Å². The first-order chi connectivity index (χ1) is 22.9. The molecule has 0 bridgehead atoms. The van der Waals surface area contributed by atoms with E-state index in [4.69, 9.17) is 22.1 Å². The summed E-state index contributed by atoms with van der Waals surface area (Å²) in [6.07, 6.45) is 1.98. The Hall–Kier alpha value is -3.12. The van der Waals surface area contributed by atoms with Gasteiger partial charge in [-0.05, 0) is 80.3 Å². The van der Waals surface area contributed by atoms with E-state index in [0.717, 1.165) is 0 Å². The number of nitrogens with zero attached hydrogens (tertiary/aromatic N) is 2. The van der Waals surface area contributed by atoms with Crippen molar-refractivity contribution in [2.45, 2.75) is 32.0 Å². The van der Waals surface area contributed by atoms with Gasteiger partial charge in [0.25, 0.3) is 5.91 Å². The van der Waals surface area contributed by atoms with Crippen LogP contribution in [0.2, 0.25) is 0 Å². The van der Waals surface area contributed by atoms with Gasteiger partial charge in [0, 0.05) is 42.5 Å². The molecular formula is C28H35N4O7PS. The minimum atomic E-state index is -5.64. The van der Waals surface area contributed by atoms with E-state index in [0.29, 0.717) is 46.0 Å². The van der Waals surface area contributed by atoms with Crippen LogP contribution in [0.25, 0.3) is 33.1 Å². The van der Waals surface area contributed by atoms with Gasteiger partial charge in [-0.25, -0.2) is 18.0 Å². The summed E-state index contributed by atoms with van der Waals surface area (Å²) in [6.45, 7) is 0.204. The van der Waals surface area contributed by atoms with Gasteiger partial charge in [-0.1, -0.05) is 18.9 Å². The van der Waals surface area contributed by atoms with Gasteiger partial charge in [0.15, 0.2) is 9.84 Å². The lowest BCUT2D eigenvalue weighted by Gasteiger charge is -2.17. The largest absolute Gasteiger partial charge is 0.469 e. The number of hydrogen-bond acceptors (Lipinski definition) is 7. The van der Waals surface area contributed by atoms with Crippen LogP contribution >= 0.6 is 7.82 Å². The van der Waals surface area contributed by atoms with Gasteiger partial charge in [0.1, 0.15) is 5.65 Å². The molecule has 0 aliphatic heterocycles. The molecule has 4 aromatic rings. The second-order valence-electron chi connectivity index (χ2n) is 9.43. The number of aromatic nitrogens is 2. The zero-order valence-electron chi connectivity index (χ0n) is 31.5. The van der Waals surface area contributed by atoms with Crippen molar-refractivity contribution in [1.29, 1.82) is 0 Å². The van der Waals surface area contributed by atoms with Gasteiger partial charge in [0.2, 0.25) is 0 Å². The lowest BCUT2D eigenvalue weighted by atomic mass is 9.93. The van der Waals surface area contributed by atoms with Gasteiger partial charge in [-0.2, -0.15) is 0 Å².